The molecule has 0 unspecified atom stereocenters. The molecule has 5 rings (SSSR count). The van der Waals surface area contributed by atoms with Crippen LogP contribution >= 0.6 is 11.3 Å². The maximum Gasteiger partial charge on any atom is 0.273 e. The average Bonchev–Trinajstić information content (AvgIpc) is 3.51. The highest BCUT2D eigenvalue weighted by Gasteiger charge is 2.27. The van der Waals surface area contributed by atoms with Crippen LogP contribution in [0.2, 0.25) is 0 Å². The number of amides is 1. The molecule has 1 aromatic carbocycles. The molecular formula is C23H27N5O2S. The van der Waals surface area contributed by atoms with Crippen LogP contribution in [0.3, 0.4) is 0 Å². The smallest absolute Gasteiger partial charge is 0.273 e. The van der Waals surface area contributed by atoms with Crippen LogP contribution in [0.5, 0.6) is 0 Å². The molecule has 0 radical (unpaired) electrons. The van der Waals surface area contributed by atoms with Crippen LogP contribution in [0.4, 0.5) is 0 Å². The molecule has 2 fully saturated rings. The van der Waals surface area contributed by atoms with Crippen LogP contribution in [0.15, 0.2) is 48.1 Å². The summed E-state index contributed by atoms with van der Waals surface area (Å²) in [7, 11) is 0. The molecule has 1 amide bonds. The first-order chi connectivity index (χ1) is 15.3. The number of ether oxygens (including phenoxy) is 1. The molecule has 162 valence electrons. The third-order valence-corrected chi connectivity index (χ3v) is 6.99. The zero-order valence-electron chi connectivity index (χ0n) is 17.5. The van der Waals surface area contributed by atoms with E-state index in [1.54, 1.807) is 6.20 Å². The summed E-state index contributed by atoms with van der Waals surface area (Å²) in [5.41, 5.74) is 2.47. The van der Waals surface area contributed by atoms with Crippen molar-refractivity contribution in [3.63, 3.8) is 0 Å². The molecule has 4 heterocycles. The van der Waals surface area contributed by atoms with Gasteiger partial charge in [-0.05, 0) is 30.9 Å². The Hall–Kier alpha value is -2.55. The lowest BCUT2D eigenvalue weighted by Crippen LogP contribution is -2.44. The predicted molar refractivity (Wildman–Crippen MR) is 121 cm³/mol. The lowest BCUT2D eigenvalue weighted by atomic mass is 9.96. The monoisotopic (exact) mass is 437 g/mol. The van der Waals surface area contributed by atoms with E-state index in [2.05, 4.69) is 15.0 Å². The average molecular weight is 438 g/mol. The van der Waals surface area contributed by atoms with E-state index in [1.165, 1.54) is 11.3 Å². The summed E-state index contributed by atoms with van der Waals surface area (Å²) in [6.45, 7) is 6.49. The van der Waals surface area contributed by atoms with Crippen LogP contribution in [0.1, 0.15) is 23.3 Å². The normalized spacial score (nSPS) is 18.4. The Balaban J connectivity index is 1.18. The summed E-state index contributed by atoms with van der Waals surface area (Å²) in [5.74, 6) is 0.708. The number of piperidine rings is 1. The molecule has 0 atom stereocenters. The number of hydrogen-bond acceptors (Lipinski definition) is 6. The van der Waals surface area contributed by atoms with Gasteiger partial charge in [0.2, 0.25) is 0 Å². The minimum atomic E-state index is 0.0442. The van der Waals surface area contributed by atoms with Gasteiger partial charge in [0, 0.05) is 49.9 Å². The number of morpholine rings is 1. The van der Waals surface area contributed by atoms with Crippen LogP contribution in [-0.4, -0.2) is 76.4 Å². The Bertz CT molecular complexity index is 1000. The van der Waals surface area contributed by atoms with Gasteiger partial charge in [0.1, 0.15) is 10.7 Å². The molecule has 2 aliphatic rings. The third kappa shape index (κ3) is 4.71. The molecule has 2 saturated heterocycles. The Labute approximate surface area is 186 Å². The number of hydrogen-bond donors (Lipinski definition) is 0. The van der Waals surface area contributed by atoms with Crippen LogP contribution in [-0.2, 0) is 4.74 Å². The van der Waals surface area contributed by atoms with E-state index in [0.29, 0.717) is 11.6 Å². The number of carbonyl (C=O) groups excluding carboxylic acids is 1. The van der Waals surface area contributed by atoms with Crippen LogP contribution in [0, 0.1) is 5.92 Å². The van der Waals surface area contributed by atoms with Gasteiger partial charge in [-0.3, -0.25) is 9.69 Å². The zero-order valence-corrected chi connectivity index (χ0v) is 18.3. The second-order valence-corrected chi connectivity index (χ2v) is 9.05. The van der Waals surface area contributed by atoms with E-state index in [0.717, 1.165) is 75.0 Å². The molecule has 7 nitrogen and oxygen atoms in total. The lowest BCUT2D eigenvalue weighted by Gasteiger charge is -2.35. The van der Waals surface area contributed by atoms with Crippen molar-refractivity contribution in [2.24, 2.45) is 5.92 Å². The highest BCUT2D eigenvalue weighted by Crippen LogP contribution is 2.26. The highest BCUT2D eigenvalue weighted by atomic mass is 32.1. The van der Waals surface area contributed by atoms with Gasteiger partial charge in [0.25, 0.3) is 5.91 Å². The number of rotatable bonds is 5. The first-order valence-corrected chi connectivity index (χ1v) is 11.8. The fourth-order valence-electron chi connectivity index (χ4n) is 4.29. The minimum Gasteiger partial charge on any atom is -0.379 e. The van der Waals surface area contributed by atoms with E-state index in [4.69, 9.17) is 4.74 Å². The minimum absolute atomic E-state index is 0.0442. The van der Waals surface area contributed by atoms with Crippen molar-refractivity contribution in [3.8, 4) is 16.3 Å². The van der Waals surface area contributed by atoms with Crippen molar-refractivity contribution < 1.29 is 9.53 Å². The van der Waals surface area contributed by atoms with E-state index in [-0.39, 0.29) is 5.91 Å². The number of thiazole rings is 1. The summed E-state index contributed by atoms with van der Waals surface area (Å²) in [6.07, 6.45) is 5.88. The van der Waals surface area contributed by atoms with Crippen molar-refractivity contribution in [2.75, 3.05) is 45.9 Å². The predicted octanol–water partition coefficient (Wildman–Crippen LogP) is 3.18. The Kier molecular flexibility index (Phi) is 6.11. The van der Waals surface area contributed by atoms with Gasteiger partial charge in [0.05, 0.1) is 25.1 Å². The summed E-state index contributed by atoms with van der Waals surface area (Å²) in [5, 5.41) is 7.14. The Morgan fingerprint density at radius 2 is 1.87 bits per heavy atom. The fourth-order valence-corrected chi connectivity index (χ4v) is 5.06. The maximum atomic E-state index is 13.0. The molecule has 2 aromatic heterocycles. The van der Waals surface area contributed by atoms with E-state index in [9.17, 15) is 4.79 Å². The second kappa shape index (κ2) is 9.30. The van der Waals surface area contributed by atoms with Gasteiger partial charge in [-0.2, -0.15) is 5.10 Å². The number of aromatic nitrogens is 3. The number of carbonyl (C=O) groups is 1. The lowest BCUT2D eigenvalue weighted by molar-refractivity contribution is 0.0242. The van der Waals surface area contributed by atoms with Crippen molar-refractivity contribution in [1.82, 2.24) is 24.6 Å². The molecule has 0 saturated carbocycles. The van der Waals surface area contributed by atoms with Gasteiger partial charge in [-0.15, -0.1) is 11.3 Å². The Morgan fingerprint density at radius 3 is 2.65 bits per heavy atom. The van der Waals surface area contributed by atoms with Crippen LogP contribution < -0.4 is 0 Å². The van der Waals surface area contributed by atoms with Gasteiger partial charge >= 0.3 is 0 Å². The van der Waals surface area contributed by atoms with E-state index >= 15 is 0 Å². The standard InChI is InChI=1S/C23H27N5O2S/c29-23(27-8-6-18(7-9-27)15-26-10-12-30-13-11-26)21-17-31-22(25-21)19-14-24-28(16-19)20-4-2-1-3-5-20/h1-5,14,16-18H,6-13,15H2. The second-order valence-electron chi connectivity index (χ2n) is 8.20. The fraction of sp³-hybridized carbons (Fsp3) is 0.435. The molecule has 2 aliphatic heterocycles. The highest BCUT2D eigenvalue weighted by molar-refractivity contribution is 7.13. The van der Waals surface area contributed by atoms with Gasteiger partial charge in [-0.25, -0.2) is 9.67 Å². The number of likely N-dealkylation sites (tertiary alicyclic amines) is 1. The molecule has 0 spiro atoms. The molecule has 31 heavy (non-hydrogen) atoms. The largest absolute Gasteiger partial charge is 0.379 e. The molecule has 0 bridgehead atoms. The van der Waals surface area contributed by atoms with Gasteiger partial charge < -0.3 is 9.64 Å². The first kappa shape index (κ1) is 20.4. The van der Waals surface area contributed by atoms with Crippen molar-refractivity contribution in [3.05, 3.63) is 53.8 Å². The topological polar surface area (TPSA) is 63.5 Å². The van der Waals surface area contributed by atoms with Gasteiger partial charge in [0.15, 0.2) is 0 Å². The third-order valence-electron chi connectivity index (χ3n) is 6.10. The number of benzene rings is 1. The van der Waals surface area contributed by atoms with E-state index in [1.807, 2.05) is 51.5 Å². The molecule has 0 N–H and O–H groups in total. The molecule has 8 heteroatoms. The maximum absolute atomic E-state index is 13.0. The number of para-hydroxylation sites is 1. The summed E-state index contributed by atoms with van der Waals surface area (Å²) in [6, 6.07) is 9.98. The summed E-state index contributed by atoms with van der Waals surface area (Å²) >= 11 is 1.50. The first-order valence-electron chi connectivity index (χ1n) is 10.9. The van der Waals surface area contributed by atoms with Gasteiger partial charge in [-0.1, -0.05) is 18.2 Å². The zero-order chi connectivity index (χ0) is 21.0. The van der Waals surface area contributed by atoms with Crippen molar-refractivity contribution in [2.45, 2.75) is 12.8 Å². The summed E-state index contributed by atoms with van der Waals surface area (Å²) in [4.78, 5) is 22.1. The molecular weight excluding hydrogens is 410 g/mol. The van der Waals surface area contributed by atoms with Crippen molar-refractivity contribution in [1.29, 1.82) is 0 Å². The Morgan fingerprint density at radius 1 is 1.10 bits per heavy atom. The summed E-state index contributed by atoms with van der Waals surface area (Å²) < 4.78 is 7.27. The van der Waals surface area contributed by atoms with Crippen molar-refractivity contribution >= 4 is 17.2 Å². The number of nitrogens with zero attached hydrogens (tertiary/aromatic N) is 5. The molecule has 3 aromatic rings. The quantitative estimate of drug-likeness (QED) is 0.614. The van der Waals surface area contributed by atoms with E-state index < -0.39 is 0 Å². The van der Waals surface area contributed by atoms with Crippen LogP contribution in [0.25, 0.3) is 16.3 Å². The molecule has 0 aliphatic carbocycles. The SMILES string of the molecule is O=C(c1csc(-c2cnn(-c3ccccc3)c2)n1)N1CCC(CN2CCOCC2)CC1.